The number of ether oxygens (including phenoxy) is 1. The van der Waals surface area contributed by atoms with Crippen LogP contribution in [0.4, 0.5) is 4.79 Å². The van der Waals surface area contributed by atoms with Crippen LogP contribution in [0.15, 0.2) is 34.7 Å². The van der Waals surface area contributed by atoms with Crippen LogP contribution < -0.4 is 15.4 Å². The van der Waals surface area contributed by atoms with E-state index in [-0.39, 0.29) is 18.2 Å². The molecule has 1 aromatic carbocycles. The summed E-state index contributed by atoms with van der Waals surface area (Å²) >= 11 is 0. The average Bonchev–Trinajstić information content (AvgIpc) is 3.37. The van der Waals surface area contributed by atoms with Gasteiger partial charge in [-0.25, -0.2) is 4.79 Å². The number of carbonyl (C=O) groups excluding carboxylic acids is 3. The molecule has 0 radical (unpaired) electrons. The predicted molar refractivity (Wildman–Crippen MR) is 110 cm³/mol. The second kappa shape index (κ2) is 6.56. The third-order valence-electron chi connectivity index (χ3n) is 5.82. The quantitative estimate of drug-likeness (QED) is 0.625. The highest BCUT2D eigenvalue weighted by Crippen LogP contribution is 2.35. The molecule has 0 spiro atoms. The number of benzene rings is 1. The van der Waals surface area contributed by atoms with Crippen LogP contribution in [-0.4, -0.2) is 41.4 Å². The van der Waals surface area contributed by atoms with E-state index in [1.54, 1.807) is 24.3 Å². The smallest absolute Gasteiger partial charge is 0.322 e. The number of nitrogens with one attached hydrogen (secondary N) is 2. The molecule has 9 nitrogen and oxygen atoms in total. The summed E-state index contributed by atoms with van der Waals surface area (Å²) in [4.78, 5) is 44.1. The van der Waals surface area contributed by atoms with Crippen molar-refractivity contribution >= 4 is 28.8 Å². The molecule has 2 aliphatic rings. The molecule has 9 heteroatoms. The molecule has 0 bridgehead atoms. The number of carbonyl (C=O) groups is 3. The molecule has 1 atom stereocenters. The van der Waals surface area contributed by atoms with Crippen molar-refractivity contribution in [2.24, 2.45) is 0 Å². The minimum absolute atomic E-state index is 0.0777. The second-order valence-electron chi connectivity index (χ2n) is 7.87. The molecule has 158 valence electrons. The fraction of sp³-hybridized carbons (Fsp3) is 0.273. The van der Waals surface area contributed by atoms with E-state index >= 15 is 0 Å². The monoisotopic (exact) mass is 420 g/mol. The first-order valence-electron chi connectivity index (χ1n) is 9.79. The van der Waals surface area contributed by atoms with Crippen LogP contribution in [0.1, 0.15) is 33.1 Å². The number of rotatable bonds is 4. The first-order chi connectivity index (χ1) is 14.8. The number of hydrogen-bond acceptors (Lipinski definition) is 6. The molecule has 4 heterocycles. The molecular formula is C22H20N4O5. The van der Waals surface area contributed by atoms with Gasteiger partial charge in [0.05, 0.1) is 13.7 Å². The summed E-state index contributed by atoms with van der Waals surface area (Å²) in [6, 6.07) is 8.13. The predicted octanol–water partition coefficient (Wildman–Crippen LogP) is 2.14. The Morgan fingerprint density at radius 1 is 1.19 bits per heavy atom. The minimum atomic E-state index is -1.54. The highest BCUT2D eigenvalue weighted by molar-refractivity contribution is 6.08. The number of aromatic nitrogens is 1. The van der Waals surface area contributed by atoms with Gasteiger partial charge in [0.15, 0.2) is 5.54 Å². The largest absolute Gasteiger partial charge is 0.497 e. The van der Waals surface area contributed by atoms with E-state index in [9.17, 15) is 14.4 Å². The Morgan fingerprint density at radius 3 is 2.71 bits per heavy atom. The third-order valence-corrected chi connectivity index (χ3v) is 5.82. The summed E-state index contributed by atoms with van der Waals surface area (Å²) < 4.78 is 11.2. The van der Waals surface area contributed by atoms with Gasteiger partial charge in [0, 0.05) is 34.9 Å². The van der Waals surface area contributed by atoms with Crippen LogP contribution in [0.25, 0.3) is 11.0 Å². The van der Waals surface area contributed by atoms with Gasteiger partial charge in [-0.2, -0.15) is 0 Å². The number of pyridine rings is 1. The van der Waals surface area contributed by atoms with Crippen LogP contribution in [0.3, 0.4) is 0 Å². The van der Waals surface area contributed by atoms with Crippen molar-refractivity contribution in [3.05, 3.63) is 58.6 Å². The first kappa shape index (κ1) is 19.1. The standard InChI is InChI=1S/C22H20N4O5/c1-11-6-17-15(12(2)23-11)8-18(31-17)22(20(28)24-21(29)25-22)10-26-9-13-4-5-14(30-3)7-16(13)19(26)27/h4-8H,9-10H2,1-3H3,(H2,24,25,28,29). The first-order valence-corrected chi connectivity index (χ1v) is 9.79. The topological polar surface area (TPSA) is 114 Å². The van der Waals surface area contributed by atoms with Crippen molar-refractivity contribution in [2.45, 2.75) is 25.9 Å². The van der Waals surface area contributed by atoms with E-state index in [1.165, 1.54) is 12.0 Å². The summed E-state index contributed by atoms with van der Waals surface area (Å²) in [6.07, 6.45) is 0. The fourth-order valence-electron chi connectivity index (χ4n) is 4.29. The Labute approximate surface area is 177 Å². The maximum atomic E-state index is 13.1. The highest BCUT2D eigenvalue weighted by Gasteiger charge is 2.53. The zero-order chi connectivity index (χ0) is 21.9. The number of nitrogens with zero attached hydrogens (tertiary/aromatic N) is 2. The maximum Gasteiger partial charge on any atom is 0.322 e. The SMILES string of the molecule is COc1ccc2c(c1)C(=O)N(CC1(c3cc4c(C)nc(C)cc4o3)NC(=O)NC1=O)C2. The van der Waals surface area contributed by atoms with Crippen molar-refractivity contribution in [1.82, 2.24) is 20.5 Å². The van der Waals surface area contributed by atoms with Gasteiger partial charge in [-0.15, -0.1) is 0 Å². The molecule has 31 heavy (non-hydrogen) atoms. The molecule has 1 saturated heterocycles. The summed E-state index contributed by atoms with van der Waals surface area (Å²) in [5, 5.41) is 5.72. The summed E-state index contributed by atoms with van der Waals surface area (Å²) in [5.74, 6) is 0.0149. The lowest BCUT2D eigenvalue weighted by Gasteiger charge is -2.29. The summed E-state index contributed by atoms with van der Waals surface area (Å²) in [7, 11) is 1.53. The molecule has 2 aromatic heterocycles. The number of hydrogen-bond donors (Lipinski definition) is 2. The number of aryl methyl sites for hydroxylation is 2. The number of urea groups is 1. The van der Waals surface area contributed by atoms with E-state index in [4.69, 9.17) is 9.15 Å². The Hall–Kier alpha value is -3.88. The van der Waals surface area contributed by atoms with Crippen LogP contribution in [0.5, 0.6) is 5.75 Å². The number of amides is 4. The molecule has 5 rings (SSSR count). The Kier molecular flexibility index (Phi) is 4.04. The zero-order valence-corrected chi connectivity index (χ0v) is 17.2. The molecule has 0 aliphatic carbocycles. The molecule has 0 saturated carbocycles. The lowest BCUT2D eigenvalue weighted by Crippen LogP contribution is -2.52. The van der Waals surface area contributed by atoms with Gasteiger partial charge in [0.25, 0.3) is 11.8 Å². The molecule has 3 aromatic rings. The minimum Gasteiger partial charge on any atom is -0.497 e. The van der Waals surface area contributed by atoms with E-state index in [0.717, 1.165) is 22.3 Å². The van der Waals surface area contributed by atoms with Crippen molar-refractivity contribution in [1.29, 1.82) is 0 Å². The van der Waals surface area contributed by atoms with Gasteiger partial charge < -0.3 is 19.4 Å². The Bertz CT molecular complexity index is 1280. The molecule has 2 aliphatic heterocycles. The second-order valence-corrected chi connectivity index (χ2v) is 7.87. The molecule has 1 unspecified atom stereocenters. The van der Waals surface area contributed by atoms with Crippen molar-refractivity contribution in [3.8, 4) is 5.75 Å². The van der Waals surface area contributed by atoms with E-state index < -0.39 is 17.5 Å². The van der Waals surface area contributed by atoms with Gasteiger partial charge >= 0.3 is 6.03 Å². The highest BCUT2D eigenvalue weighted by atomic mass is 16.5. The number of imide groups is 1. The fourth-order valence-corrected chi connectivity index (χ4v) is 4.29. The van der Waals surface area contributed by atoms with Crippen LogP contribution >= 0.6 is 0 Å². The normalized spacial score (nSPS) is 20.2. The van der Waals surface area contributed by atoms with Gasteiger partial charge in [-0.3, -0.25) is 19.9 Å². The zero-order valence-electron chi connectivity index (χ0n) is 17.2. The van der Waals surface area contributed by atoms with Crippen LogP contribution in [0, 0.1) is 13.8 Å². The lowest BCUT2D eigenvalue weighted by atomic mass is 9.95. The molecule has 4 amide bonds. The van der Waals surface area contributed by atoms with E-state index in [2.05, 4.69) is 15.6 Å². The Morgan fingerprint density at radius 2 is 2.00 bits per heavy atom. The summed E-state index contributed by atoms with van der Waals surface area (Å²) in [5.41, 5.74) is 1.89. The average molecular weight is 420 g/mol. The van der Waals surface area contributed by atoms with Gasteiger partial charge in [-0.05, 0) is 37.6 Å². The van der Waals surface area contributed by atoms with E-state index in [0.29, 0.717) is 23.4 Å². The van der Waals surface area contributed by atoms with Crippen molar-refractivity contribution < 1.29 is 23.5 Å². The van der Waals surface area contributed by atoms with E-state index in [1.807, 2.05) is 19.9 Å². The Balaban J connectivity index is 1.57. The number of fused-ring (bicyclic) bond motifs is 2. The number of furan rings is 1. The van der Waals surface area contributed by atoms with Crippen LogP contribution in [-0.2, 0) is 16.9 Å². The van der Waals surface area contributed by atoms with Gasteiger partial charge in [0.2, 0.25) is 0 Å². The van der Waals surface area contributed by atoms with Crippen LogP contribution in [0.2, 0.25) is 0 Å². The third kappa shape index (κ3) is 2.84. The maximum absolute atomic E-state index is 13.1. The molecule has 2 N–H and O–H groups in total. The van der Waals surface area contributed by atoms with Gasteiger partial charge in [-0.1, -0.05) is 6.07 Å². The molecule has 1 fully saturated rings. The molecular weight excluding hydrogens is 400 g/mol. The summed E-state index contributed by atoms with van der Waals surface area (Å²) in [6.45, 7) is 3.93. The van der Waals surface area contributed by atoms with Crippen molar-refractivity contribution in [2.75, 3.05) is 13.7 Å². The number of methoxy groups -OCH3 is 1. The van der Waals surface area contributed by atoms with Crippen molar-refractivity contribution in [3.63, 3.8) is 0 Å². The lowest BCUT2D eigenvalue weighted by molar-refractivity contribution is -0.125. The van der Waals surface area contributed by atoms with Gasteiger partial charge in [0.1, 0.15) is 17.1 Å².